The van der Waals surface area contributed by atoms with Gasteiger partial charge in [0.25, 0.3) is 0 Å². The van der Waals surface area contributed by atoms with Gasteiger partial charge < -0.3 is 13.8 Å². The van der Waals surface area contributed by atoms with Gasteiger partial charge in [-0.3, -0.25) is 0 Å². The number of nitrogens with zero attached hydrogens (tertiary/aromatic N) is 5. The van der Waals surface area contributed by atoms with E-state index in [1.165, 1.54) is 12.1 Å². The highest BCUT2D eigenvalue weighted by atomic mass is 19.2. The minimum Gasteiger partial charge on any atom is -0.497 e. The number of halogens is 2. The van der Waals surface area contributed by atoms with Gasteiger partial charge in [-0.05, 0) is 42.5 Å². The quantitative estimate of drug-likeness (QED) is 0.419. The Morgan fingerprint density at radius 2 is 1.74 bits per heavy atom. The van der Waals surface area contributed by atoms with Crippen LogP contribution in [0, 0.1) is 11.6 Å². The summed E-state index contributed by atoms with van der Waals surface area (Å²) in [5.74, 6) is -0.163. The molecule has 5 rings (SSSR count). The summed E-state index contributed by atoms with van der Waals surface area (Å²) < 4.78 is 39.9. The number of hydrogen-bond acceptors (Lipinski definition) is 6. The lowest BCUT2D eigenvalue weighted by Gasteiger charge is -2.04. The average molecular weight is 419 g/mol. The lowest BCUT2D eigenvalue weighted by atomic mass is 10.2. The van der Waals surface area contributed by atoms with Gasteiger partial charge in [-0.25, -0.2) is 18.7 Å². The maximum absolute atomic E-state index is 14.1. The largest absolute Gasteiger partial charge is 0.497 e. The summed E-state index contributed by atoms with van der Waals surface area (Å²) in [5.41, 5.74) is 1.93. The molecular weight excluding hydrogens is 404 g/mol. The third-order valence-electron chi connectivity index (χ3n) is 4.75. The van der Waals surface area contributed by atoms with Crippen LogP contribution in [0.3, 0.4) is 0 Å². The molecule has 3 heterocycles. The van der Waals surface area contributed by atoms with Crippen LogP contribution in [0.5, 0.6) is 5.75 Å². The van der Waals surface area contributed by atoms with E-state index in [2.05, 4.69) is 20.1 Å². The second-order valence-corrected chi connectivity index (χ2v) is 6.78. The number of pyridine rings is 1. The van der Waals surface area contributed by atoms with E-state index in [4.69, 9.17) is 9.26 Å². The maximum atomic E-state index is 14.1. The zero-order valence-corrected chi connectivity index (χ0v) is 16.3. The van der Waals surface area contributed by atoms with Gasteiger partial charge in [0.15, 0.2) is 17.5 Å². The van der Waals surface area contributed by atoms with E-state index in [9.17, 15) is 8.78 Å². The first kappa shape index (κ1) is 18.9. The van der Waals surface area contributed by atoms with Crippen molar-refractivity contribution in [2.24, 2.45) is 0 Å². The minimum absolute atomic E-state index is 0.0174. The van der Waals surface area contributed by atoms with Crippen LogP contribution >= 0.6 is 0 Å². The Kier molecular flexibility index (Phi) is 4.62. The molecular formula is C22H15F2N5O2. The first-order chi connectivity index (χ1) is 15.1. The molecule has 2 aliphatic rings. The second-order valence-electron chi connectivity index (χ2n) is 6.78. The predicted octanol–water partition coefficient (Wildman–Crippen LogP) is 4.44. The first-order valence-electron chi connectivity index (χ1n) is 9.35. The molecule has 0 saturated heterocycles. The molecule has 7 nitrogen and oxygen atoms in total. The Morgan fingerprint density at radius 1 is 0.935 bits per heavy atom. The summed E-state index contributed by atoms with van der Waals surface area (Å²) >= 11 is 0. The van der Waals surface area contributed by atoms with Crippen LogP contribution in [0.25, 0.3) is 34.2 Å². The standard InChI is InChI=1S/C22H15F2N5O2/c1-30-14-7-5-13(6-8-14)21-27-19(31-28-21)12-29-10-9-17-18(11-29)26-22(25-17)15-3-2-4-16(23)20(15)24/h2-11H,12H2,1H3. The molecule has 0 aliphatic carbocycles. The lowest BCUT2D eigenvalue weighted by molar-refractivity contribution is 0.371. The fraction of sp³-hybridized carbons (Fsp3) is 0.0909. The topological polar surface area (TPSA) is 78.9 Å². The summed E-state index contributed by atoms with van der Waals surface area (Å²) in [6.45, 7) is 0.315. The van der Waals surface area contributed by atoms with Gasteiger partial charge in [0.1, 0.15) is 18.0 Å². The van der Waals surface area contributed by atoms with Crippen molar-refractivity contribution in [1.29, 1.82) is 0 Å². The van der Waals surface area contributed by atoms with Crippen molar-refractivity contribution < 1.29 is 18.0 Å². The molecule has 0 radical (unpaired) electrons. The van der Waals surface area contributed by atoms with Gasteiger partial charge >= 0.3 is 0 Å². The maximum Gasteiger partial charge on any atom is 0.246 e. The molecule has 1 aromatic heterocycles. The Morgan fingerprint density at radius 3 is 2.55 bits per heavy atom. The van der Waals surface area contributed by atoms with E-state index in [-0.39, 0.29) is 11.4 Å². The molecule has 31 heavy (non-hydrogen) atoms. The number of ether oxygens (including phenoxy) is 1. The molecule has 9 heteroatoms. The van der Waals surface area contributed by atoms with Crippen molar-refractivity contribution in [3.8, 4) is 39.9 Å². The molecule has 0 N–H and O–H groups in total. The predicted molar refractivity (Wildman–Crippen MR) is 107 cm³/mol. The molecule has 0 saturated carbocycles. The average Bonchev–Trinajstić information content (AvgIpc) is 3.42. The SMILES string of the molecule is COc1ccc(-c2noc(Cn3ccc4nc(-c5cccc(F)c5F)nc-4c3)n2)cc1. The van der Waals surface area contributed by atoms with E-state index < -0.39 is 11.6 Å². The van der Waals surface area contributed by atoms with Gasteiger partial charge in [-0.2, -0.15) is 4.98 Å². The molecule has 0 fully saturated rings. The van der Waals surface area contributed by atoms with Crippen LogP contribution in [0.2, 0.25) is 0 Å². The van der Waals surface area contributed by atoms with E-state index in [1.54, 1.807) is 30.1 Å². The van der Waals surface area contributed by atoms with Crippen molar-refractivity contribution in [3.63, 3.8) is 0 Å². The molecule has 0 unspecified atom stereocenters. The lowest BCUT2D eigenvalue weighted by Crippen LogP contribution is -2.01. The third-order valence-corrected chi connectivity index (χ3v) is 4.75. The molecule has 0 bridgehead atoms. The van der Waals surface area contributed by atoms with E-state index >= 15 is 0 Å². The number of imidazole rings is 1. The van der Waals surface area contributed by atoms with Crippen molar-refractivity contribution in [2.45, 2.75) is 6.54 Å². The zero-order chi connectivity index (χ0) is 21.4. The Balaban J connectivity index is 1.39. The van der Waals surface area contributed by atoms with Gasteiger partial charge in [0.05, 0.1) is 18.4 Å². The van der Waals surface area contributed by atoms with Crippen LogP contribution in [0.4, 0.5) is 8.78 Å². The Bertz CT molecular complexity index is 1330. The number of methoxy groups -OCH3 is 1. The van der Waals surface area contributed by atoms with Crippen molar-refractivity contribution in [2.75, 3.05) is 7.11 Å². The van der Waals surface area contributed by atoms with Gasteiger partial charge in [0.2, 0.25) is 11.7 Å². The van der Waals surface area contributed by atoms with Crippen LogP contribution in [0.15, 0.2) is 65.4 Å². The number of benzene rings is 2. The summed E-state index contributed by atoms with van der Waals surface area (Å²) in [5, 5.41) is 4.02. The Labute approximate surface area is 175 Å². The molecule has 0 amide bonds. The van der Waals surface area contributed by atoms with Crippen LogP contribution in [-0.4, -0.2) is 31.8 Å². The highest BCUT2D eigenvalue weighted by molar-refractivity contribution is 5.66. The van der Waals surface area contributed by atoms with Gasteiger partial charge in [-0.1, -0.05) is 11.2 Å². The molecule has 0 atom stereocenters. The molecule has 0 spiro atoms. The Hall–Kier alpha value is -4.14. The highest BCUT2D eigenvalue weighted by Gasteiger charge is 2.18. The fourth-order valence-electron chi connectivity index (χ4n) is 3.18. The van der Waals surface area contributed by atoms with E-state index in [0.29, 0.717) is 29.6 Å². The molecule has 2 aliphatic heterocycles. The minimum atomic E-state index is -0.970. The van der Waals surface area contributed by atoms with E-state index in [0.717, 1.165) is 17.4 Å². The number of rotatable bonds is 5. The summed E-state index contributed by atoms with van der Waals surface area (Å²) in [7, 11) is 1.60. The summed E-state index contributed by atoms with van der Waals surface area (Å²) in [6.07, 6.45) is 3.51. The van der Waals surface area contributed by atoms with E-state index in [1.807, 2.05) is 24.3 Å². The van der Waals surface area contributed by atoms with Gasteiger partial charge in [-0.15, -0.1) is 0 Å². The third kappa shape index (κ3) is 3.61. The van der Waals surface area contributed by atoms with Crippen LogP contribution in [0.1, 0.15) is 5.89 Å². The van der Waals surface area contributed by atoms with Crippen molar-refractivity contribution in [1.82, 2.24) is 24.7 Å². The number of fused-ring (bicyclic) bond motifs is 1. The zero-order valence-electron chi connectivity index (χ0n) is 16.3. The smallest absolute Gasteiger partial charge is 0.246 e. The fourth-order valence-corrected chi connectivity index (χ4v) is 3.18. The summed E-state index contributed by atoms with van der Waals surface area (Å²) in [4.78, 5) is 13.1. The number of aromatic nitrogens is 5. The second kappa shape index (κ2) is 7.60. The van der Waals surface area contributed by atoms with Crippen molar-refractivity contribution >= 4 is 0 Å². The monoisotopic (exact) mass is 419 g/mol. The normalized spacial score (nSPS) is 11.2. The summed E-state index contributed by atoms with van der Waals surface area (Å²) in [6, 6.07) is 13.0. The molecule has 2 aromatic carbocycles. The first-order valence-corrected chi connectivity index (χ1v) is 9.35. The van der Waals surface area contributed by atoms with Crippen LogP contribution < -0.4 is 4.74 Å². The van der Waals surface area contributed by atoms with Crippen molar-refractivity contribution in [3.05, 3.63) is 78.4 Å². The van der Waals surface area contributed by atoms with Crippen LogP contribution in [-0.2, 0) is 6.54 Å². The molecule has 3 aromatic rings. The number of hydrogen-bond donors (Lipinski definition) is 0. The molecule has 154 valence electrons. The highest BCUT2D eigenvalue weighted by Crippen LogP contribution is 2.27. The van der Waals surface area contributed by atoms with Gasteiger partial charge in [0, 0.05) is 18.0 Å².